The minimum absolute atomic E-state index is 0.236. The highest BCUT2D eigenvalue weighted by Gasteiger charge is 2.40. The van der Waals surface area contributed by atoms with Crippen LogP contribution in [-0.4, -0.2) is 12.7 Å². The van der Waals surface area contributed by atoms with Crippen LogP contribution >= 0.6 is 15.9 Å². The largest absolute Gasteiger partial charge is 0.396 e. The molecule has 0 aliphatic carbocycles. The lowest BCUT2D eigenvalue weighted by atomic mass is 9.94. The SMILES string of the molecule is Cc1ccc(Br)cc1C(CN)C(F)(F)F. The summed E-state index contributed by atoms with van der Waals surface area (Å²) in [5.41, 5.74) is 6.01. The van der Waals surface area contributed by atoms with Gasteiger partial charge in [-0.3, -0.25) is 0 Å². The lowest BCUT2D eigenvalue weighted by Gasteiger charge is -2.20. The molecular weight excluding hydrogens is 271 g/mol. The number of aryl methyl sites for hydroxylation is 1. The second kappa shape index (κ2) is 4.53. The molecule has 0 fully saturated rings. The first-order valence-electron chi connectivity index (χ1n) is 4.39. The van der Waals surface area contributed by atoms with Gasteiger partial charge in [0.1, 0.15) is 0 Å². The molecule has 2 N–H and O–H groups in total. The van der Waals surface area contributed by atoms with Crippen LogP contribution in [0.3, 0.4) is 0 Å². The lowest BCUT2D eigenvalue weighted by Crippen LogP contribution is -2.28. The molecule has 0 aromatic heterocycles. The van der Waals surface area contributed by atoms with Crippen molar-refractivity contribution in [3.8, 4) is 0 Å². The third kappa shape index (κ3) is 2.95. The second-order valence-electron chi connectivity index (χ2n) is 3.33. The van der Waals surface area contributed by atoms with Gasteiger partial charge >= 0.3 is 6.18 Å². The maximum absolute atomic E-state index is 12.6. The zero-order valence-electron chi connectivity index (χ0n) is 8.11. The number of benzene rings is 1. The normalized spacial score (nSPS) is 14.0. The zero-order valence-corrected chi connectivity index (χ0v) is 9.69. The Balaban J connectivity index is 3.18. The Hall–Kier alpha value is -0.550. The molecule has 0 radical (unpaired) electrons. The molecule has 84 valence electrons. The molecule has 0 spiro atoms. The van der Waals surface area contributed by atoms with Gasteiger partial charge in [0.05, 0.1) is 5.92 Å². The minimum Gasteiger partial charge on any atom is -0.330 e. The van der Waals surface area contributed by atoms with E-state index in [1.807, 2.05) is 0 Å². The van der Waals surface area contributed by atoms with Gasteiger partial charge in [0.25, 0.3) is 0 Å². The molecule has 0 amide bonds. The van der Waals surface area contributed by atoms with E-state index in [1.54, 1.807) is 19.1 Å². The zero-order chi connectivity index (χ0) is 11.6. The number of hydrogen-bond donors (Lipinski definition) is 1. The highest BCUT2D eigenvalue weighted by atomic mass is 79.9. The van der Waals surface area contributed by atoms with Gasteiger partial charge in [-0.1, -0.05) is 22.0 Å². The molecule has 1 rings (SSSR count). The van der Waals surface area contributed by atoms with Crippen LogP contribution in [-0.2, 0) is 0 Å². The predicted molar refractivity (Wildman–Crippen MR) is 56.7 cm³/mol. The summed E-state index contributed by atoms with van der Waals surface area (Å²) in [6, 6.07) is 4.83. The minimum atomic E-state index is -4.29. The predicted octanol–water partition coefficient (Wildman–Crippen LogP) is 3.36. The van der Waals surface area contributed by atoms with Crippen molar-refractivity contribution in [3.63, 3.8) is 0 Å². The van der Waals surface area contributed by atoms with Crippen LogP contribution < -0.4 is 5.73 Å². The summed E-state index contributed by atoms with van der Waals surface area (Å²) in [4.78, 5) is 0. The van der Waals surface area contributed by atoms with Crippen LogP contribution in [0.4, 0.5) is 13.2 Å². The van der Waals surface area contributed by atoms with E-state index in [0.717, 1.165) is 0 Å². The van der Waals surface area contributed by atoms with E-state index >= 15 is 0 Å². The number of halogens is 4. The molecule has 0 saturated carbocycles. The van der Waals surface area contributed by atoms with E-state index in [1.165, 1.54) is 6.07 Å². The Kier molecular flexibility index (Phi) is 3.78. The molecule has 1 aromatic carbocycles. The van der Waals surface area contributed by atoms with Crippen molar-refractivity contribution in [2.24, 2.45) is 5.73 Å². The van der Waals surface area contributed by atoms with Gasteiger partial charge in [0.2, 0.25) is 0 Å². The van der Waals surface area contributed by atoms with Crippen LogP contribution in [0, 0.1) is 6.92 Å². The van der Waals surface area contributed by atoms with Crippen molar-refractivity contribution >= 4 is 15.9 Å². The molecule has 0 heterocycles. The van der Waals surface area contributed by atoms with Crippen molar-refractivity contribution in [2.45, 2.75) is 19.0 Å². The van der Waals surface area contributed by atoms with Crippen LogP contribution in [0.1, 0.15) is 17.0 Å². The fourth-order valence-corrected chi connectivity index (χ4v) is 1.80. The average Bonchev–Trinajstić information content (AvgIpc) is 2.10. The molecule has 5 heteroatoms. The fraction of sp³-hybridized carbons (Fsp3) is 0.400. The molecule has 0 aliphatic rings. The molecule has 1 unspecified atom stereocenters. The van der Waals surface area contributed by atoms with Gasteiger partial charge in [0.15, 0.2) is 0 Å². The molecule has 0 saturated heterocycles. The molecule has 0 aliphatic heterocycles. The van der Waals surface area contributed by atoms with Crippen LogP contribution in [0.25, 0.3) is 0 Å². The van der Waals surface area contributed by atoms with Gasteiger partial charge in [-0.2, -0.15) is 13.2 Å². The van der Waals surface area contributed by atoms with Crippen LogP contribution in [0.15, 0.2) is 22.7 Å². The van der Waals surface area contributed by atoms with E-state index in [9.17, 15) is 13.2 Å². The van der Waals surface area contributed by atoms with E-state index < -0.39 is 18.6 Å². The summed E-state index contributed by atoms with van der Waals surface area (Å²) in [5, 5.41) is 0. The topological polar surface area (TPSA) is 26.0 Å². The van der Waals surface area contributed by atoms with Crippen LogP contribution in [0.5, 0.6) is 0 Å². The quantitative estimate of drug-likeness (QED) is 0.884. The first-order chi connectivity index (χ1) is 6.86. The number of alkyl halides is 3. The summed E-state index contributed by atoms with van der Waals surface area (Å²) < 4.78 is 38.5. The highest BCUT2D eigenvalue weighted by molar-refractivity contribution is 9.10. The van der Waals surface area contributed by atoms with E-state index in [-0.39, 0.29) is 5.56 Å². The smallest absolute Gasteiger partial charge is 0.330 e. The fourth-order valence-electron chi connectivity index (χ4n) is 1.42. The van der Waals surface area contributed by atoms with Crippen molar-refractivity contribution in [1.29, 1.82) is 0 Å². The summed E-state index contributed by atoms with van der Waals surface area (Å²) in [7, 11) is 0. The van der Waals surface area contributed by atoms with Crippen molar-refractivity contribution in [2.75, 3.05) is 6.54 Å². The molecule has 1 aromatic rings. The van der Waals surface area contributed by atoms with Gasteiger partial charge in [-0.15, -0.1) is 0 Å². The average molecular weight is 282 g/mol. The summed E-state index contributed by atoms with van der Waals surface area (Å²) in [5.74, 6) is -1.59. The molecule has 1 nitrogen and oxygen atoms in total. The number of hydrogen-bond acceptors (Lipinski definition) is 1. The number of rotatable bonds is 2. The van der Waals surface area contributed by atoms with Crippen molar-refractivity contribution in [1.82, 2.24) is 0 Å². The first kappa shape index (κ1) is 12.5. The summed E-state index contributed by atoms with van der Waals surface area (Å²) in [6.07, 6.45) is -4.29. The Morgan fingerprint density at radius 1 is 1.40 bits per heavy atom. The molecule has 0 bridgehead atoms. The van der Waals surface area contributed by atoms with E-state index in [4.69, 9.17) is 5.73 Å². The third-order valence-corrected chi connectivity index (χ3v) is 2.74. The Morgan fingerprint density at radius 3 is 2.47 bits per heavy atom. The Labute approximate surface area is 94.6 Å². The molecule has 1 atom stereocenters. The van der Waals surface area contributed by atoms with Gasteiger partial charge in [0, 0.05) is 11.0 Å². The third-order valence-electron chi connectivity index (χ3n) is 2.25. The van der Waals surface area contributed by atoms with Gasteiger partial charge in [-0.25, -0.2) is 0 Å². The first-order valence-corrected chi connectivity index (χ1v) is 5.18. The summed E-state index contributed by atoms with van der Waals surface area (Å²) >= 11 is 3.15. The molecule has 15 heavy (non-hydrogen) atoms. The van der Waals surface area contributed by atoms with E-state index in [2.05, 4.69) is 15.9 Å². The number of nitrogens with two attached hydrogens (primary N) is 1. The maximum Gasteiger partial charge on any atom is 0.396 e. The Bertz CT molecular complexity index is 349. The lowest BCUT2D eigenvalue weighted by molar-refractivity contribution is -0.148. The van der Waals surface area contributed by atoms with Gasteiger partial charge in [-0.05, 0) is 30.2 Å². The van der Waals surface area contributed by atoms with Gasteiger partial charge < -0.3 is 5.73 Å². The van der Waals surface area contributed by atoms with E-state index in [0.29, 0.717) is 10.0 Å². The standard InChI is InChI=1S/C10H11BrF3N/c1-6-2-3-7(11)4-8(6)9(5-15)10(12,13)14/h2-4,9H,5,15H2,1H3. The van der Waals surface area contributed by atoms with Crippen molar-refractivity contribution in [3.05, 3.63) is 33.8 Å². The monoisotopic (exact) mass is 281 g/mol. The maximum atomic E-state index is 12.6. The highest BCUT2D eigenvalue weighted by Crippen LogP contribution is 2.36. The van der Waals surface area contributed by atoms with Crippen molar-refractivity contribution < 1.29 is 13.2 Å². The Morgan fingerprint density at radius 2 is 2.00 bits per heavy atom. The van der Waals surface area contributed by atoms with Crippen LogP contribution in [0.2, 0.25) is 0 Å². The molecular formula is C10H11BrF3N. The summed E-state index contributed by atoms with van der Waals surface area (Å²) in [6.45, 7) is 1.22. The second-order valence-corrected chi connectivity index (χ2v) is 4.25.